The molecule has 0 saturated carbocycles. The van der Waals surface area contributed by atoms with Crippen LogP contribution in [0, 0.1) is 0 Å². The molecule has 0 unspecified atom stereocenters. The van der Waals surface area contributed by atoms with E-state index in [0.717, 1.165) is 21.9 Å². The van der Waals surface area contributed by atoms with E-state index in [2.05, 4.69) is 15.4 Å². The van der Waals surface area contributed by atoms with E-state index < -0.39 is 0 Å². The lowest BCUT2D eigenvalue weighted by Gasteiger charge is -2.10. The topological polar surface area (TPSA) is 63.8 Å². The normalized spacial score (nSPS) is 10.5. The largest absolute Gasteiger partial charge is 0.308 e. The van der Waals surface area contributed by atoms with Gasteiger partial charge in [-0.25, -0.2) is 15.8 Å². The molecule has 100 valence electrons. The Balaban J connectivity index is 2.35. The van der Waals surface area contributed by atoms with Crippen molar-refractivity contribution in [2.24, 2.45) is 5.84 Å². The van der Waals surface area contributed by atoms with Gasteiger partial charge in [-0.15, -0.1) is 0 Å². The Morgan fingerprint density at radius 2 is 2.05 bits per heavy atom. The first-order valence-corrected chi connectivity index (χ1v) is 7.16. The van der Waals surface area contributed by atoms with Crippen LogP contribution in [0.5, 0.6) is 0 Å². The SMILES string of the molecule is CCc1c(NN)ncnc1Sc1ccc(Cl)c(Cl)c1. The number of halogens is 2. The number of rotatable bonds is 4. The van der Waals surface area contributed by atoms with Crippen LogP contribution in [0.2, 0.25) is 10.0 Å². The molecule has 1 heterocycles. The highest BCUT2D eigenvalue weighted by atomic mass is 35.5. The van der Waals surface area contributed by atoms with Gasteiger partial charge in [0.1, 0.15) is 17.2 Å². The first kappa shape index (κ1) is 14.4. The highest BCUT2D eigenvalue weighted by Gasteiger charge is 2.11. The summed E-state index contributed by atoms with van der Waals surface area (Å²) in [6.45, 7) is 2.03. The Kier molecular flexibility index (Phi) is 4.87. The van der Waals surface area contributed by atoms with Crippen molar-refractivity contribution >= 4 is 40.8 Å². The van der Waals surface area contributed by atoms with Crippen LogP contribution in [0.15, 0.2) is 34.4 Å². The molecule has 0 radical (unpaired) electrons. The molecule has 3 N–H and O–H groups in total. The highest BCUT2D eigenvalue weighted by Crippen LogP contribution is 2.34. The first-order valence-electron chi connectivity index (χ1n) is 5.59. The molecule has 2 rings (SSSR count). The molecule has 2 aromatic rings. The molecule has 19 heavy (non-hydrogen) atoms. The molecule has 0 aliphatic carbocycles. The van der Waals surface area contributed by atoms with Crippen molar-refractivity contribution < 1.29 is 0 Å². The van der Waals surface area contributed by atoms with Gasteiger partial charge < -0.3 is 5.43 Å². The van der Waals surface area contributed by atoms with E-state index in [1.54, 1.807) is 6.07 Å². The van der Waals surface area contributed by atoms with Crippen LogP contribution in [0.25, 0.3) is 0 Å². The number of anilines is 1. The Labute approximate surface area is 125 Å². The van der Waals surface area contributed by atoms with Crippen LogP contribution < -0.4 is 11.3 Å². The van der Waals surface area contributed by atoms with Crippen LogP contribution >= 0.6 is 35.0 Å². The Morgan fingerprint density at radius 1 is 1.26 bits per heavy atom. The van der Waals surface area contributed by atoms with E-state index in [4.69, 9.17) is 29.0 Å². The fourth-order valence-corrected chi connectivity index (χ4v) is 2.94. The summed E-state index contributed by atoms with van der Waals surface area (Å²) in [6, 6.07) is 5.47. The number of nitrogen functional groups attached to an aromatic ring is 1. The molecular weight excluding hydrogens is 303 g/mol. The Morgan fingerprint density at radius 3 is 2.68 bits per heavy atom. The third-order valence-electron chi connectivity index (χ3n) is 2.50. The van der Waals surface area contributed by atoms with Crippen molar-refractivity contribution in [3.63, 3.8) is 0 Å². The standard InChI is InChI=1S/C12H12Cl2N4S/c1-2-8-11(18-15)16-6-17-12(8)19-7-3-4-9(13)10(14)5-7/h3-6H,2,15H2,1H3,(H,16,17,18). The number of aromatic nitrogens is 2. The zero-order valence-corrected chi connectivity index (χ0v) is 12.5. The molecule has 1 aromatic carbocycles. The van der Waals surface area contributed by atoms with Crippen molar-refractivity contribution in [1.82, 2.24) is 9.97 Å². The number of benzene rings is 1. The second kappa shape index (κ2) is 6.43. The summed E-state index contributed by atoms with van der Waals surface area (Å²) in [7, 11) is 0. The van der Waals surface area contributed by atoms with Crippen molar-refractivity contribution in [1.29, 1.82) is 0 Å². The van der Waals surface area contributed by atoms with E-state index in [1.165, 1.54) is 18.1 Å². The molecular formula is C12H12Cl2N4S. The summed E-state index contributed by atoms with van der Waals surface area (Å²) >= 11 is 13.4. The maximum atomic E-state index is 6.00. The minimum atomic E-state index is 0.524. The summed E-state index contributed by atoms with van der Waals surface area (Å²) in [6.07, 6.45) is 2.26. The monoisotopic (exact) mass is 314 g/mol. The van der Waals surface area contributed by atoms with Crippen LogP contribution in [-0.2, 0) is 6.42 Å². The molecule has 0 fully saturated rings. The summed E-state index contributed by atoms with van der Waals surface area (Å²) < 4.78 is 0. The van der Waals surface area contributed by atoms with Gasteiger partial charge in [0.15, 0.2) is 0 Å². The zero-order chi connectivity index (χ0) is 13.8. The molecule has 4 nitrogen and oxygen atoms in total. The van der Waals surface area contributed by atoms with Gasteiger partial charge in [-0.2, -0.15) is 0 Å². The van der Waals surface area contributed by atoms with E-state index in [0.29, 0.717) is 15.9 Å². The minimum Gasteiger partial charge on any atom is -0.308 e. The highest BCUT2D eigenvalue weighted by molar-refractivity contribution is 7.99. The fourth-order valence-electron chi connectivity index (χ4n) is 1.58. The third-order valence-corrected chi connectivity index (χ3v) is 4.28. The summed E-state index contributed by atoms with van der Waals surface area (Å²) in [5.41, 5.74) is 3.55. The summed E-state index contributed by atoms with van der Waals surface area (Å²) in [5.74, 6) is 6.08. The maximum Gasteiger partial charge on any atom is 0.147 e. The quantitative estimate of drug-likeness (QED) is 0.511. The number of nitrogens with zero attached hydrogens (tertiary/aromatic N) is 2. The molecule has 0 bridgehead atoms. The molecule has 0 aliphatic rings. The lowest BCUT2D eigenvalue weighted by molar-refractivity contribution is 0.941. The number of hydrogen-bond donors (Lipinski definition) is 2. The first-order chi connectivity index (χ1) is 9.15. The second-order valence-corrected chi connectivity index (χ2v) is 5.56. The molecule has 1 aromatic heterocycles. The number of nitrogens with two attached hydrogens (primary N) is 1. The van der Waals surface area contributed by atoms with Gasteiger partial charge >= 0.3 is 0 Å². The van der Waals surface area contributed by atoms with Gasteiger partial charge in [0.2, 0.25) is 0 Å². The second-order valence-electron chi connectivity index (χ2n) is 3.68. The average molecular weight is 315 g/mol. The maximum absolute atomic E-state index is 6.00. The smallest absolute Gasteiger partial charge is 0.147 e. The number of hydrogen-bond acceptors (Lipinski definition) is 5. The van der Waals surface area contributed by atoms with Crippen molar-refractivity contribution in [2.45, 2.75) is 23.3 Å². The Bertz CT molecular complexity index is 592. The summed E-state index contributed by atoms with van der Waals surface area (Å²) in [4.78, 5) is 9.34. The van der Waals surface area contributed by atoms with E-state index in [1.807, 2.05) is 19.1 Å². The average Bonchev–Trinajstić information content (AvgIpc) is 2.42. The van der Waals surface area contributed by atoms with E-state index >= 15 is 0 Å². The predicted octanol–water partition coefficient (Wildman–Crippen LogP) is 3.78. The zero-order valence-electron chi connectivity index (χ0n) is 10.2. The van der Waals surface area contributed by atoms with Crippen LogP contribution in [0.1, 0.15) is 12.5 Å². The van der Waals surface area contributed by atoms with Crippen LogP contribution in [0.3, 0.4) is 0 Å². The van der Waals surface area contributed by atoms with Gasteiger partial charge in [-0.1, -0.05) is 41.9 Å². The third kappa shape index (κ3) is 3.30. The van der Waals surface area contributed by atoms with Gasteiger partial charge in [0.25, 0.3) is 0 Å². The van der Waals surface area contributed by atoms with Crippen LogP contribution in [0.4, 0.5) is 5.82 Å². The number of nitrogens with one attached hydrogen (secondary N) is 1. The molecule has 0 saturated heterocycles. The van der Waals surface area contributed by atoms with Crippen molar-refractivity contribution in [2.75, 3.05) is 5.43 Å². The lowest BCUT2D eigenvalue weighted by atomic mass is 10.2. The molecule has 0 amide bonds. The van der Waals surface area contributed by atoms with E-state index in [-0.39, 0.29) is 0 Å². The predicted molar refractivity (Wildman–Crippen MR) is 79.8 cm³/mol. The van der Waals surface area contributed by atoms with Gasteiger partial charge in [0, 0.05) is 10.5 Å². The Hall–Kier alpha value is -1.01. The van der Waals surface area contributed by atoms with Crippen molar-refractivity contribution in [3.8, 4) is 0 Å². The lowest BCUT2D eigenvalue weighted by Crippen LogP contribution is -2.12. The van der Waals surface area contributed by atoms with Crippen molar-refractivity contribution in [3.05, 3.63) is 40.1 Å². The molecule has 7 heteroatoms. The molecule has 0 atom stereocenters. The minimum absolute atomic E-state index is 0.524. The fraction of sp³-hybridized carbons (Fsp3) is 0.167. The van der Waals surface area contributed by atoms with E-state index in [9.17, 15) is 0 Å². The summed E-state index contributed by atoms with van der Waals surface area (Å²) in [5, 5.41) is 1.91. The van der Waals surface area contributed by atoms with Gasteiger partial charge in [-0.3, -0.25) is 0 Å². The molecule has 0 aliphatic heterocycles. The number of hydrazine groups is 1. The molecule has 0 spiro atoms. The van der Waals surface area contributed by atoms with Crippen LogP contribution in [-0.4, -0.2) is 9.97 Å². The van der Waals surface area contributed by atoms with Gasteiger partial charge in [-0.05, 0) is 24.6 Å². The van der Waals surface area contributed by atoms with Gasteiger partial charge in [0.05, 0.1) is 10.0 Å².